The van der Waals surface area contributed by atoms with Crippen LogP contribution < -0.4 is 15.4 Å². The minimum atomic E-state index is -4.04. The van der Waals surface area contributed by atoms with Gasteiger partial charge >= 0.3 is 0 Å². The maximum atomic E-state index is 13.1. The van der Waals surface area contributed by atoms with Crippen molar-refractivity contribution in [1.29, 1.82) is 0 Å². The Morgan fingerprint density at radius 2 is 1.67 bits per heavy atom. The minimum Gasteiger partial charge on any atom is -0.467 e. The summed E-state index contributed by atoms with van der Waals surface area (Å²) in [5.41, 5.74) is 0.0531. The van der Waals surface area contributed by atoms with Gasteiger partial charge in [0.05, 0.1) is 35.5 Å². The first-order valence-corrected chi connectivity index (χ1v) is 10.3. The van der Waals surface area contributed by atoms with Crippen molar-refractivity contribution in [1.82, 2.24) is 10.6 Å². The standard InChI is InChI=1S/C20H18FN3O5S/c21-14-7-9-16(10-8-14)30(27,28)24-18-6-2-1-5-17(18)20(26)23-13-19(25)22-12-15-4-3-11-29-15/h1-11,24H,12-13H2,(H,22,25)(H,23,26). The van der Waals surface area contributed by atoms with E-state index in [0.717, 1.165) is 24.3 Å². The first-order valence-electron chi connectivity index (χ1n) is 8.80. The number of carbonyl (C=O) groups excluding carboxylic acids is 2. The summed E-state index contributed by atoms with van der Waals surface area (Å²) in [7, 11) is -4.04. The van der Waals surface area contributed by atoms with Crippen LogP contribution in [0.1, 0.15) is 16.1 Å². The number of nitrogens with one attached hydrogen (secondary N) is 3. The molecule has 0 saturated carbocycles. The minimum absolute atomic E-state index is 0.0234. The van der Waals surface area contributed by atoms with Crippen molar-refractivity contribution in [2.75, 3.05) is 11.3 Å². The summed E-state index contributed by atoms with van der Waals surface area (Å²) in [4.78, 5) is 24.2. The van der Waals surface area contributed by atoms with Gasteiger partial charge in [-0.05, 0) is 48.5 Å². The van der Waals surface area contributed by atoms with E-state index in [-0.39, 0.29) is 29.2 Å². The van der Waals surface area contributed by atoms with Crippen LogP contribution in [0.5, 0.6) is 0 Å². The predicted molar refractivity (Wildman–Crippen MR) is 107 cm³/mol. The molecule has 0 atom stereocenters. The lowest BCUT2D eigenvalue weighted by Gasteiger charge is -2.13. The van der Waals surface area contributed by atoms with Crippen LogP contribution in [0.25, 0.3) is 0 Å². The molecule has 3 aromatic rings. The second kappa shape index (κ2) is 9.23. The second-order valence-corrected chi connectivity index (χ2v) is 7.83. The summed E-state index contributed by atoms with van der Waals surface area (Å²) in [5, 5.41) is 5.02. The lowest BCUT2D eigenvalue weighted by atomic mass is 10.1. The van der Waals surface area contributed by atoms with Gasteiger partial charge in [0.25, 0.3) is 15.9 Å². The molecule has 0 fully saturated rings. The molecule has 8 nitrogen and oxygen atoms in total. The molecule has 0 unspecified atom stereocenters. The Balaban J connectivity index is 1.64. The maximum absolute atomic E-state index is 13.1. The van der Waals surface area contributed by atoms with E-state index in [9.17, 15) is 22.4 Å². The molecule has 30 heavy (non-hydrogen) atoms. The zero-order valence-electron chi connectivity index (χ0n) is 15.6. The maximum Gasteiger partial charge on any atom is 0.261 e. The predicted octanol–water partition coefficient (Wildman–Crippen LogP) is 2.27. The van der Waals surface area contributed by atoms with Gasteiger partial charge in [-0.15, -0.1) is 0 Å². The van der Waals surface area contributed by atoms with Crippen molar-refractivity contribution in [2.45, 2.75) is 11.4 Å². The van der Waals surface area contributed by atoms with Crippen LogP contribution >= 0.6 is 0 Å². The Hall–Kier alpha value is -3.66. The number of hydrogen-bond donors (Lipinski definition) is 3. The fourth-order valence-electron chi connectivity index (χ4n) is 2.50. The van der Waals surface area contributed by atoms with Gasteiger partial charge in [-0.3, -0.25) is 14.3 Å². The third kappa shape index (κ3) is 5.45. The Bertz CT molecular complexity index is 1130. The first-order chi connectivity index (χ1) is 14.3. The first kappa shape index (κ1) is 21.1. The summed E-state index contributed by atoms with van der Waals surface area (Å²) >= 11 is 0. The van der Waals surface area contributed by atoms with Crippen LogP contribution in [0.3, 0.4) is 0 Å². The SMILES string of the molecule is O=C(CNC(=O)c1ccccc1NS(=O)(=O)c1ccc(F)cc1)NCc1ccco1. The number of furan rings is 1. The van der Waals surface area contributed by atoms with Crippen LogP contribution in [0.4, 0.5) is 10.1 Å². The van der Waals surface area contributed by atoms with Crippen LogP contribution in [0.15, 0.2) is 76.2 Å². The smallest absolute Gasteiger partial charge is 0.261 e. The van der Waals surface area contributed by atoms with E-state index >= 15 is 0 Å². The van der Waals surface area contributed by atoms with E-state index in [4.69, 9.17) is 4.42 Å². The molecule has 0 aliphatic rings. The van der Waals surface area contributed by atoms with E-state index in [1.165, 1.54) is 18.4 Å². The largest absolute Gasteiger partial charge is 0.467 e. The Labute approximate surface area is 172 Å². The molecule has 0 aliphatic carbocycles. The van der Waals surface area contributed by atoms with Gasteiger partial charge in [0.2, 0.25) is 5.91 Å². The molecular formula is C20H18FN3O5S. The number of hydrogen-bond acceptors (Lipinski definition) is 5. The fraction of sp³-hybridized carbons (Fsp3) is 0.100. The average Bonchev–Trinajstić information content (AvgIpc) is 3.24. The Morgan fingerprint density at radius 3 is 2.37 bits per heavy atom. The monoisotopic (exact) mass is 431 g/mol. The molecule has 156 valence electrons. The van der Waals surface area contributed by atoms with Crippen molar-refractivity contribution < 1.29 is 26.8 Å². The van der Waals surface area contributed by atoms with Crippen molar-refractivity contribution in [3.8, 4) is 0 Å². The number of sulfonamides is 1. The average molecular weight is 431 g/mol. The van der Waals surface area contributed by atoms with Crippen molar-refractivity contribution in [2.24, 2.45) is 0 Å². The normalized spacial score (nSPS) is 11.0. The molecule has 10 heteroatoms. The quantitative estimate of drug-likeness (QED) is 0.506. The van der Waals surface area contributed by atoms with Crippen LogP contribution in [0, 0.1) is 5.82 Å². The molecule has 2 amide bonds. The summed E-state index contributed by atoms with van der Waals surface area (Å²) in [5.74, 6) is -1.08. The van der Waals surface area contributed by atoms with E-state index in [0.29, 0.717) is 5.76 Å². The summed E-state index contributed by atoms with van der Waals surface area (Å²) < 4.78 is 45.5. The van der Waals surface area contributed by atoms with Crippen LogP contribution in [0.2, 0.25) is 0 Å². The molecular weight excluding hydrogens is 413 g/mol. The number of amides is 2. The molecule has 0 radical (unpaired) electrons. The van der Waals surface area contributed by atoms with Crippen molar-refractivity contribution in [3.05, 3.63) is 84.1 Å². The Kier molecular flexibility index (Phi) is 6.48. The molecule has 0 aliphatic heterocycles. The zero-order chi connectivity index (χ0) is 21.6. The number of anilines is 1. The number of carbonyl (C=O) groups is 2. The number of halogens is 1. The van der Waals surface area contributed by atoms with Gasteiger partial charge < -0.3 is 15.1 Å². The third-order valence-corrected chi connectivity index (χ3v) is 5.37. The van der Waals surface area contributed by atoms with E-state index in [2.05, 4.69) is 15.4 Å². The highest BCUT2D eigenvalue weighted by Crippen LogP contribution is 2.20. The summed E-state index contributed by atoms with van der Waals surface area (Å²) in [6.07, 6.45) is 1.48. The summed E-state index contributed by atoms with van der Waals surface area (Å²) in [6.45, 7) is -0.131. The Morgan fingerprint density at radius 1 is 0.933 bits per heavy atom. The van der Waals surface area contributed by atoms with Crippen molar-refractivity contribution in [3.63, 3.8) is 0 Å². The fourth-order valence-corrected chi connectivity index (χ4v) is 3.58. The van der Waals surface area contributed by atoms with E-state index < -0.39 is 27.7 Å². The summed E-state index contributed by atoms with van der Waals surface area (Å²) in [6, 6.07) is 13.6. The van der Waals surface area contributed by atoms with Crippen LogP contribution in [-0.2, 0) is 21.4 Å². The highest BCUT2D eigenvalue weighted by atomic mass is 32.2. The molecule has 0 saturated heterocycles. The van der Waals surface area contributed by atoms with Gasteiger partial charge in [-0.1, -0.05) is 12.1 Å². The third-order valence-electron chi connectivity index (χ3n) is 3.99. The lowest BCUT2D eigenvalue weighted by Crippen LogP contribution is -2.36. The molecule has 0 bridgehead atoms. The van der Waals surface area contributed by atoms with Gasteiger partial charge in [0.1, 0.15) is 11.6 Å². The molecule has 2 aromatic carbocycles. The molecule has 3 rings (SSSR count). The molecule has 1 aromatic heterocycles. The topological polar surface area (TPSA) is 118 Å². The van der Waals surface area contributed by atoms with Gasteiger partial charge in [0.15, 0.2) is 0 Å². The van der Waals surface area contributed by atoms with E-state index in [1.54, 1.807) is 24.3 Å². The van der Waals surface area contributed by atoms with Gasteiger partial charge in [-0.2, -0.15) is 0 Å². The number of rotatable bonds is 8. The number of benzene rings is 2. The highest BCUT2D eigenvalue weighted by molar-refractivity contribution is 7.92. The van der Waals surface area contributed by atoms with Gasteiger partial charge in [-0.25, -0.2) is 12.8 Å². The molecule has 0 spiro atoms. The van der Waals surface area contributed by atoms with Crippen LogP contribution in [-0.4, -0.2) is 26.8 Å². The number of para-hydroxylation sites is 1. The van der Waals surface area contributed by atoms with E-state index in [1.807, 2.05) is 0 Å². The van der Waals surface area contributed by atoms with Crippen molar-refractivity contribution >= 4 is 27.5 Å². The van der Waals surface area contributed by atoms with Gasteiger partial charge in [0, 0.05) is 0 Å². The lowest BCUT2D eigenvalue weighted by molar-refractivity contribution is -0.120. The molecule has 3 N–H and O–H groups in total. The zero-order valence-corrected chi connectivity index (χ0v) is 16.4. The molecule has 1 heterocycles. The highest BCUT2D eigenvalue weighted by Gasteiger charge is 2.19. The second-order valence-electron chi connectivity index (χ2n) is 6.14.